The molecule has 0 unspecified atom stereocenters. The molecular weight excluding hydrogens is 284 g/mol. The zero-order valence-electron chi connectivity index (χ0n) is 15.1. The molecule has 1 aromatic carbocycles. The van der Waals surface area contributed by atoms with Gasteiger partial charge < -0.3 is 9.47 Å². The molecule has 2 heterocycles. The Morgan fingerprint density at radius 2 is 1.43 bits per heavy atom. The van der Waals surface area contributed by atoms with Gasteiger partial charge in [0, 0.05) is 10.8 Å². The van der Waals surface area contributed by atoms with Gasteiger partial charge in [-0.15, -0.1) is 0 Å². The molecule has 2 saturated heterocycles. The van der Waals surface area contributed by atoms with E-state index in [-0.39, 0.29) is 0 Å². The highest BCUT2D eigenvalue weighted by Gasteiger charge is 2.33. The summed E-state index contributed by atoms with van der Waals surface area (Å²) in [6, 6.07) is 7.11. The normalized spacial score (nSPS) is 21.5. The molecule has 3 rings (SSSR count). The summed E-state index contributed by atoms with van der Waals surface area (Å²) < 4.78 is 10.7. The van der Waals surface area contributed by atoms with E-state index >= 15 is 0 Å². The van der Waals surface area contributed by atoms with Crippen LogP contribution < -0.4 is 0 Å². The van der Waals surface area contributed by atoms with Gasteiger partial charge in [-0.05, 0) is 62.1 Å². The molecule has 0 N–H and O–H groups in total. The molecule has 23 heavy (non-hydrogen) atoms. The van der Waals surface area contributed by atoms with Crippen LogP contribution in [0.1, 0.15) is 56.2 Å². The van der Waals surface area contributed by atoms with Crippen molar-refractivity contribution in [2.75, 3.05) is 26.4 Å². The second kappa shape index (κ2) is 6.94. The first-order valence-corrected chi connectivity index (χ1v) is 9.22. The maximum Gasteiger partial charge on any atom is 0.0542 e. The Bertz CT molecular complexity index is 527. The summed E-state index contributed by atoms with van der Waals surface area (Å²) in [5, 5.41) is 0. The Kier molecular flexibility index (Phi) is 5.13. The highest BCUT2D eigenvalue weighted by Crippen LogP contribution is 2.33. The lowest BCUT2D eigenvalue weighted by molar-refractivity contribution is -0.106. The topological polar surface area (TPSA) is 18.5 Å². The third kappa shape index (κ3) is 4.36. The smallest absolute Gasteiger partial charge is 0.0542 e. The van der Waals surface area contributed by atoms with Gasteiger partial charge in [-0.25, -0.2) is 0 Å². The third-order valence-electron chi connectivity index (χ3n) is 5.68. The van der Waals surface area contributed by atoms with E-state index in [0.717, 1.165) is 26.4 Å². The monoisotopic (exact) mass is 316 g/mol. The van der Waals surface area contributed by atoms with Crippen LogP contribution in [-0.4, -0.2) is 26.4 Å². The molecule has 0 amide bonds. The summed E-state index contributed by atoms with van der Waals surface area (Å²) in [5.74, 6) is 0. The van der Waals surface area contributed by atoms with Crippen LogP contribution in [0.5, 0.6) is 0 Å². The number of hydrogen-bond acceptors (Lipinski definition) is 2. The van der Waals surface area contributed by atoms with Gasteiger partial charge in [0.25, 0.3) is 0 Å². The van der Waals surface area contributed by atoms with Crippen LogP contribution in [0.2, 0.25) is 0 Å². The minimum atomic E-state index is 0.454. The quantitative estimate of drug-likeness (QED) is 0.691. The number of ether oxygens (including phenoxy) is 2. The van der Waals surface area contributed by atoms with Gasteiger partial charge in [0.05, 0.1) is 26.4 Å². The number of benzene rings is 1. The number of hydrogen-bond donors (Lipinski definition) is 0. The minimum absolute atomic E-state index is 0.454. The zero-order valence-corrected chi connectivity index (χ0v) is 15.1. The maximum atomic E-state index is 5.35. The minimum Gasteiger partial charge on any atom is -0.380 e. The van der Waals surface area contributed by atoms with E-state index in [1.54, 1.807) is 0 Å². The summed E-state index contributed by atoms with van der Waals surface area (Å²) in [6.07, 6.45) is 7.53. The highest BCUT2D eigenvalue weighted by molar-refractivity contribution is 5.31. The molecule has 0 radical (unpaired) electrons. The predicted molar refractivity (Wildman–Crippen MR) is 94.9 cm³/mol. The molecule has 0 spiro atoms. The first kappa shape index (κ1) is 17.0. The fourth-order valence-corrected chi connectivity index (χ4v) is 3.81. The molecule has 0 saturated carbocycles. The Morgan fingerprint density at radius 3 is 1.91 bits per heavy atom. The van der Waals surface area contributed by atoms with Crippen LogP contribution >= 0.6 is 0 Å². The van der Waals surface area contributed by atoms with Gasteiger partial charge in [-0.1, -0.05) is 32.0 Å². The Balaban J connectivity index is 1.43. The summed E-state index contributed by atoms with van der Waals surface area (Å²) >= 11 is 0. The molecule has 1 aromatic rings. The summed E-state index contributed by atoms with van der Waals surface area (Å²) in [6.45, 7) is 10.8. The first-order chi connectivity index (χ1) is 11.0. The lowest BCUT2D eigenvalue weighted by Crippen LogP contribution is -2.39. The van der Waals surface area contributed by atoms with Crippen LogP contribution in [0.15, 0.2) is 18.2 Å². The third-order valence-corrected chi connectivity index (χ3v) is 5.68. The average Bonchev–Trinajstić information content (AvgIpc) is 2.46. The standard InChI is InChI=1S/C21H32O2/c1-17-12-18(6-4-10-20(2)13-22-14-20)8-9-19(17)7-5-11-21(3)15-23-16-21/h8-9,12H,4-7,10-11,13-16H2,1-3H3. The van der Waals surface area contributed by atoms with Crippen molar-refractivity contribution in [1.82, 2.24) is 0 Å². The molecule has 2 aliphatic rings. The van der Waals surface area contributed by atoms with Gasteiger partial charge in [0.2, 0.25) is 0 Å². The molecule has 2 heteroatoms. The van der Waals surface area contributed by atoms with Gasteiger partial charge in [-0.2, -0.15) is 0 Å². The average molecular weight is 316 g/mol. The van der Waals surface area contributed by atoms with Gasteiger partial charge in [0.1, 0.15) is 0 Å². The Hall–Kier alpha value is -0.860. The molecular formula is C21H32O2. The van der Waals surface area contributed by atoms with Crippen LogP contribution in [0.25, 0.3) is 0 Å². The summed E-state index contributed by atoms with van der Waals surface area (Å²) in [7, 11) is 0. The van der Waals surface area contributed by atoms with E-state index in [9.17, 15) is 0 Å². The second-order valence-electron chi connectivity index (χ2n) is 8.57. The number of rotatable bonds is 8. The van der Waals surface area contributed by atoms with Crippen molar-refractivity contribution in [2.45, 2.75) is 59.3 Å². The fourth-order valence-electron chi connectivity index (χ4n) is 3.81. The fraction of sp³-hybridized carbons (Fsp3) is 0.714. The van der Waals surface area contributed by atoms with E-state index < -0.39 is 0 Å². The van der Waals surface area contributed by atoms with Crippen LogP contribution in [0.4, 0.5) is 0 Å². The van der Waals surface area contributed by atoms with Crippen LogP contribution in [-0.2, 0) is 22.3 Å². The van der Waals surface area contributed by atoms with Crippen LogP contribution in [0, 0.1) is 17.8 Å². The molecule has 128 valence electrons. The van der Waals surface area contributed by atoms with Crippen molar-refractivity contribution in [1.29, 1.82) is 0 Å². The molecule has 0 bridgehead atoms. The van der Waals surface area contributed by atoms with Crippen LogP contribution in [0.3, 0.4) is 0 Å². The van der Waals surface area contributed by atoms with Gasteiger partial charge >= 0.3 is 0 Å². The van der Waals surface area contributed by atoms with Gasteiger partial charge in [0.15, 0.2) is 0 Å². The van der Waals surface area contributed by atoms with Crippen molar-refractivity contribution in [2.24, 2.45) is 10.8 Å². The van der Waals surface area contributed by atoms with Crippen molar-refractivity contribution < 1.29 is 9.47 Å². The molecule has 0 atom stereocenters. The summed E-state index contributed by atoms with van der Waals surface area (Å²) in [5.41, 5.74) is 5.40. The molecule has 2 nitrogen and oxygen atoms in total. The molecule has 0 aliphatic carbocycles. The highest BCUT2D eigenvalue weighted by atomic mass is 16.5. The molecule has 0 aromatic heterocycles. The molecule has 2 fully saturated rings. The largest absolute Gasteiger partial charge is 0.380 e. The van der Waals surface area contributed by atoms with Crippen molar-refractivity contribution in [3.05, 3.63) is 34.9 Å². The Labute approximate surface area is 141 Å². The second-order valence-corrected chi connectivity index (χ2v) is 8.57. The predicted octanol–water partition coefficient (Wildman–Crippen LogP) is 4.71. The van der Waals surface area contributed by atoms with E-state index in [0.29, 0.717) is 10.8 Å². The summed E-state index contributed by atoms with van der Waals surface area (Å²) in [4.78, 5) is 0. The maximum absolute atomic E-state index is 5.35. The van der Waals surface area contributed by atoms with E-state index in [2.05, 4.69) is 39.0 Å². The van der Waals surface area contributed by atoms with Gasteiger partial charge in [-0.3, -0.25) is 0 Å². The SMILES string of the molecule is Cc1cc(CCCC2(C)COC2)ccc1CCCC1(C)COC1. The lowest BCUT2D eigenvalue weighted by atomic mass is 9.82. The van der Waals surface area contributed by atoms with E-state index in [1.165, 1.54) is 55.2 Å². The van der Waals surface area contributed by atoms with E-state index in [4.69, 9.17) is 9.47 Å². The van der Waals surface area contributed by atoms with Crippen molar-refractivity contribution in [3.8, 4) is 0 Å². The van der Waals surface area contributed by atoms with Crippen molar-refractivity contribution in [3.63, 3.8) is 0 Å². The molecule has 2 aliphatic heterocycles. The van der Waals surface area contributed by atoms with E-state index in [1.807, 2.05) is 0 Å². The number of aryl methyl sites for hydroxylation is 3. The van der Waals surface area contributed by atoms with Crippen molar-refractivity contribution >= 4 is 0 Å². The lowest BCUT2D eigenvalue weighted by Gasteiger charge is -2.38. The zero-order chi connectivity index (χ0) is 16.3. The Morgan fingerprint density at radius 1 is 0.870 bits per heavy atom. The first-order valence-electron chi connectivity index (χ1n) is 9.22.